The number of aromatic nitrogens is 1. The first kappa shape index (κ1) is 13.1. The Morgan fingerprint density at radius 2 is 2.06 bits per heavy atom. The fourth-order valence-corrected chi connectivity index (χ4v) is 2.71. The van der Waals surface area contributed by atoms with E-state index in [0.717, 1.165) is 22.0 Å². The molecule has 0 fully saturated rings. The molecule has 1 atom stereocenters. The highest BCUT2D eigenvalue weighted by atomic mass is 79.9. The van der Waals surface area contributed by atoms with Crippen LogP contribution in [0.2, 0.25) is 0 Å². The van der Waals surface area contributed by atoms with Crippen molar-refractivity contribution in [2.45, 2.75) is 19.4 Å². The number of anilines is 1. The maximum Gasteiger partial charge on any atom is 0.123 e. The van der Waals surface area contributed by atoms with Crippen LogP contribution in [0.5, 0.6) is 0 Å². The van der Waals surface area contributed by atoms with E-state index >= 15 is 0 Å². The van der Waals surface area contributed by atoms with Crippen molar-refractivity contribution < 1.29 is 0 Å². The summed E-state index contributed by atoms with van der Waals surface area (Å²) in [6.45, 7) is 2.06. The Morgan fingerprint density at radius 1 is 1.28 bits per heavy atom. The molecule has 0 aliphatic carbocycles. The molecule has 2 rings (SSSR count). The summed E-state index contributed by atoms with van der Waals surface area (Å²) in [5, 5.41) is 0. The van der Waals surface area contributed by atoms with E-state index in [1.807, 2.05) is 12.1 Å². The average Bonchev–Trinajstić information content (AvgIpc) is 2.28. The lowest BCUT2D eigenvalue weighted by Gasteiger charge is -2.14. The van der Waals surface area contributed by atoms with Crippen LogP contribution >= 0.6 is 15.9 Å². The summed E-state index contributed by atoms with van der Waals surface area (Å²) in [5.41, 5.74) is 15.3. The summed E-state index contributed by atoms with van der Waals surface area (Å²) in [7, 11) is 0. The number of pyridine rings is 1. The van der Waals surface area contributed by atoms with Gasteiger partial charge in [0, 0.05) is 16.7 Å². The van der Waals surface area contributed by atoms with Gasteiger partial charge in [-0.05, 0) is 48.2 Å². The Bertz CT molecular complexity index is 554. The topological polar surface area (TPSA) is 64.9 Å². The predicted octanol–water partition coefficient (Wildman–Crippen LogP) is 2.98. The van der Waals surface area contributed by atoms with E-state index in [2.05, 4.69) is 46.0 Å². The Labute approximate surface area is 115 Å². The van der Waals surface area contributed by atoms with Gasteiger partial charge < -0.3 is 11.5 Å². The SMILES string of the molecule is Cc1ccc(C(N)Cc2ccnc(N)c2)c(Br)c1. The van der Waals surface area contributed by atoms with E-state index in [-0.39, 0.29) is 6.04 Å². The van der Waals surface area contributed by atoms with E-state index in [1.165, 1.54) is 5.56 Å². The molecule has 4 N–H and O–H groups in total. The molecule has 1 unspecified atom stereocenters. The lowest BCUT2D eigenvalue weighted by Crippen LogP contribution is -2.14. The molecule has 1 aromatic heterocycles. The summed E-state index contributed by atoms with van der Waals surface area (Å²) >= 11 is 3.56. The van der Waals surface area contributed by atoms with Crippen LogP contribution in [0.1, 0.15) is 22.7 Å². The number of rotatable bonds is 3. The molecule has 18 heavy (non-hydrogen) atoms. The molecule has 0 bridgehead atoms. The van der Waals surface area contributed by atoms with Crippen molar-refractivity contribution in [3.63, 3.8) is 0 Å². The first-order valence-electron chi connectivity index (χ1n) is 5.78. The second-order valence-electron chi connectivity index (χ2n) is 4.42. The number of hydrogen-bond acceptors (Lipinski definition) is 3. The Kier molecular flexibility index (Phi) is 3.99. The van der Waals surface area contributed by atoms with Gasteiger partial charge in [-0.2, -0.15) is 0 Å². The normalized spacial score (nSPS) is 12.4. The zero-order valence-corrected chi connectivity index (χ0v) is 11.8. The lowest BCUT2D eigenvalue weighted by atomic mass is 9.99. The number of aryl methyl sites for hydroxylation is 1. The third-order valence-corrected chi connectivity index (χ3v) is 3.54. The molecule has 1 heterocycles. The van der Waals surface area contributed by atoms with Crippen LogP contribution in [0.25, 0.3) is 0 Å². The monoisotopic (exact) mass is 305 g/mol. The largest absolute Gasteiger partial charge is 0.384 e. The minimum Gasteiger partial charge on any atom is -0.384 e. The van der Waals surface area contributed by atoms with Gasteiger partial charge in [-0.1, -0.05) is 28.1 Å². The maximum atomic E-state index is 6.24. The van der Waals surface area contributed by atoms with Crippen molar-refractivity contribution in [3.8, 4) is 0 Å². The zero-order chi connectivity index (χ0) is 13.1. The molecule has 0 aliphatic heterocycles. The Balaban J connectivity index is 2.19. The molecular weight excluding hydrogens is 290 g/mol. The van der Waals surface area contributed by atoms with E-state index in [4.69, 9.17) is 11.5 Å². The van der Waals surface area contributed by atoms with Gasteiger partial charge in [0.1, 0.15) is 5.82 Å². The quantitative estimate of drug-likeness (QED) is 0.916. The van der Waals surface area contributed by atoms with Gasteiger partial charge in [0.25, 0.3) is 0 Å². The van der Waals surface area contributed by atoms with Crippen LogP contribution in [-0.4, -0.2) is 4.98 Å². The average molecular weight is 306 g/mol. The van der Waals surface area contributed by atoms with Gasteiger partial charge >= 0.3 is 0 Å². The molecule has 0 spiro atoms. The lowest BCUT2D eigenvalue weighted by molar-refractivity contribution is 0.717. The van der Waals surface area contributed by atoms with Gasteiger partial charge in [0.2, 0.25) is 0 Å². The minimum absolute atomic E-state index is 0.0539. The number of nitrogens with two attached hydrogens (primary N) is 2. The summed E-state index contributed by atoms with van der Waals surface area (Å²) < 4.78 is 1.05. The molecule has 2 aromatic rings. The van der Waals surface area contributed by atoms with Crippen molar-refractivity contribution in [2.24, 2.45) is 5.73 Å². The number of halogens is 1. The number of hydrogen-bond donors (Lipinski definition) is 2. The number of nitrogens with zero attached hydrogens (tertiary/aromatic N) is 1. The fourth-order valence-electron chi connectivity index (χ4n) is 1.92. The summed E-state index contributed by atoms with van der Waals surface area (Å²) in [4.78, 5) is 3.98. The molecule has 3 nitrogen and oxygen atoms in total. The van der Waals surface area contributed by atoms with Crippen molar-refractivity contribution in [2.75, 3.05) is 5.73 Å². The summed E-state index contributed by atoms with van der Waals surface area (Å²) in [6.07, 6.45) is 2.45. The Hall–Kier alpha value is -1.39. The van der Waals surface area contributed by atoms with E-state index < -0.39 is 0 Å². The van der Waals surface area contributed by atoms with Gasteiger partial charge in [-0.3, -0.25) is 0 Å². The smallest absolute Gasteiger partial charge is 0.123 e. The third kappa shape index (κ3) is 3.09. The van der Waals surface area contributed by atoms with Crippen LogP contribution in [0.3, 0.4) is 0 Å². The van der Waals surface area contributed by atoms with Crippen molar-refractivity contribution in [3.05, 3.63) is 57.7 Å². The number of benzene rings is 1. The molecule has 0 saturated carbocycles. The minimum atomic E-state index is -0.0539. The highest BCUT2D eigenvalue weighted by Gasteiger charge is 2.11. The molecular formula is C14H16BrN3. The summed E-state index contributed by atoms with van der Waals surface area (Å²) in [5.74, 6) is 0.530. The molecule has 94 valence electrons. The Morgan fingerprint density at radius 3 is 2.72 bits per heavy atom. The van der Waals surface area contributed by atoms with Crippen LogP contribution in [0.15, 0.2) is 41.0 Å². The van der Waals surface area contributed by atoms with Gasteiger partial charge in [0.15, 0.2) is 0 Å². The van der Waals surface area contributed by atoms with Crippen LogP contribution < -0.4 is 11.5 Å². The molecule has 1 aromatic carbocycles. The first-order chi connectivity index (χ1) is 8.56. The highest BCUT2D eigenvalue weighted by molar-refractivity contribution is 9.10. The zero-order valence-electron chi connectivity index (χ0n) is 10.2. The van der Waals surface area contributed by atoms with Gasteiger partial charge in [-0.25, -0.2) is 4.98 Å². The number of nitrogen functional groups attached to an aromatic ring is 1. The van der Waals surface area contributed by atoms with Crippen molar-refractivity contribution >= 4 is 21.7 Å². The highest BCUT2D eigenvalue weighted by Crippen LogP contribution is 2.25. The van der Waals surface area contributed by atoms with Crippen LogP contribution in [-0.2, 0) is 6.42 Å². The maximum absolute atomic E-state index is 6.24. The van der Waals surface area contributed by atoms with Gasteiger partial charge in [-0.15, -0.1) is 0 Å². The standard InChI is InChI=1S/C14H16BrN3/c1-9-2-3-11(12(15)6-9)13(16)7-10-4-5-18-14(17)8-10/h2-6,8,13H,7,16H2,1H3,(H2,17,18). The molecule has 0 aliphatic rings. The van der Waals surface area contributed by atoms with Crippen LogP contribution in [0.4, 0.5) is 5.82 Å². The first-order valence-corrected chi connectivity index (χ1v) is 6.57. The van der Waals surface area contributed by atoms with E-state index in [1.54, 1.807) is 6.20 Å². The van der Waals surface area contributed by atoms with E-state index in [9.17, 15) is 0 Å². The van der Waals surface area contributed by atoms with Crippen molar-refractivity contribution in [1.82, 2.24) is 4.98 Å². The van der Waals surface area contributed by atoms with Gasteiger partial charge in [0.05, 0.1) is 0 Å². The molecule has 0 amide bonds. The molecule has 4 heteroatoms. The molecule has 0 radical (unpaired) electrons. The molecule has 0 saturated heterocycles. The van der Waals surface area contributed by atoms with Crippen molar-refractivity contribution in [1.29, 1.82) is 0 Å². The fraction of sp³-hybridized carbons (Fsp3) is 0.214. The van der Waals surface area contributed by atoms with Crippen LogP contribution in [0, 0.1) is 6.92 Å². The second-order valence-corrected chi connectivity index (χ2v) is 5.28. The van der Waals surface area contributed by atoms with E-state index in [0.29, 0.717) is 5.82 Å². The third-order valence-electron chi connectivity index (χ3n) is 2.86. The predicted molar refractivity (Wildman–Crippen MR) is 78.2 cm³/mol. The second kappa shape index (κ2) is 5.50. The summed E-state index contributed by atoms with van der Waals surface area (Å²) in [6, 6.07) is 9.97.